The molecule has 0 aliphatic heterocycles. The van der Waals surface area contributed by atoms with Crippen LogP contribution in [0.25, 0.3) is 0 Å². The van der Waals surface area contributed by atoms with Gasteiger partial charge in [0.15, 0.2) is 0 Å². The zero-order valence-corrected chi connectivity index (χ0v) is 10.6. The molecule has 0 radical (unpaired) electrons. The van der Waals surface area contributed by atoms with Gasteiger partial charge in [0.25, 0.3) is 0 Å². The number of benzene rings is 1. The van der Waals surface area contributed by atoms with E-state index in [1.54, 1.807) is 12.5 Å². The van der Waals surface area contributed by atoms with Gasteiger partial charge in [-0.2, -0.15) is 0 Å². The van der Waals surface area contributed by atoms with Crippen molar-refractivity contribution in [1.82, 2.24) is 0 Å². The van der Waals surface area contributed by atoms with Gasteiger partial charge >= 0.3 is 0 Å². The van der Waals surface area contributed by atoms with Crippen molar-refractivity contribution in [1.29, 1.82) is 0 Å². The highest BCUT2D eigenvalue weighted by Crippen LogP contribution is 2.27. The van der Waals surface area contributed by atoms with Crippen LogP contribution >= 0.6 is 15.9 Å². The van der Waals surface area contributed by atoms with Gasteiger partial charge in [-0.3, -0.25) is 0 Å². The van der Waals surface area contributed by atoms with Crippen molar-refractivity contribution in [2.24, 2.45) is 0 Å². The van der Waals surface area contributed by atoms with E-state index in [2.05, 4.69) is 15.9 Å². The molecule has 16 heavy (non-hydrogen) atoms. The van der Waals surface area contributed by atoms with Gasteiger partial charge in [0.05, 0.1) is 18.6 Å². The number of aliphatic hydroxyl groups excluding tert-OH is 1. The van der Waals surface area contributed by atoms with E-state index in [0.717, 1.165) is 15.6 Å². The number of hydrogen-bond acceptors (Lipinski definition) is 2. The Balaban J connectivity index is 2.17. The van der Waals surface area contributed by atoms with Crippen LogP contribution in [0.15, 0.2) is 45.7 Å². The molecule has 1 heterocycles. The quantitative estimate of drug-likeness (QED) is 0.932. The molecular weight excluding hydrogens is 268 g/mol. The molecule has 84 valence electrons. The first-order chi connectivity index (χ1) is 7.66. The summed E-state index contributed by atoms with van der Waals surface area (Å²) in [7, 11) is 0. The molecule has 0 saturated carbocycles. The maximum Gasteiger partial charge on any atom is 0.0935 e. The van der Waals surface area contributed by atoms with Gasteiger partial charge in [-0.25, -0.2) is 0 Å². The molecule has 1 N–H and O–H groups in total. The fourth-order valence-corrected chi connectivity index (χ4v) is 2.40. The Kier molecular flexibility index (Phi) is 3.46. The maximum absolute atomic E-state index is 10.1. The highest BCUT2D eigenvalue weighted by molar-refractivity contribution is 9.10. The van der Waals surface area contributed by atoms with Crippen LogP contribution in [0, 0.1) is 6.92 Å². The zero-order chi connectivity index (χ0) is 11.5. The highest BCUT2D eigenvalue weighted by Gasteiger charge is 2.12. The lowest BCUT2D eigenvalue weighted by atomic mass is 10.0. The molecule has 2 nitrogen and oxygen atoms in total. The first-order valence-corrected chi connectivity index (χ1v) is 5.91. The second-order valence-electron chi connectivity index (χ2n) is 3.88. The highest BCUT2D eigenvalue weighted by atomic mass is 79.9. The minimum atomic E-state index is -0.507. The van der Waals surface area contributed by atoms with Crippen molar-refractivity contribution >= 4 is 15.9 Å². The molecule has 1 unspecified atom stereocenters. The van der Waals surface area contributed by atoms with E-state index in [1.807, 2.05) is 31.2 Å². The van der Waals surface area contributed by atoms with Crippen LogP contribution in [0.4, 0.5) is 0 Å². The van der Waals surface area contributed by atoms with Gasteiger partial charge < -0.3 is 9.52 Å². The van der Waals surface area contributed by atoms with E-state index in [4.69, 9.17) is 4.42 Å². The van der Waals surface area contributed by atoms with Crippen LogP contribution in [-0.4, -0.2) is 5.11 Å². The van der Waals surface area contributed by atoms with E-state index in [0.29, 0.717) is 6.42 Å². The monoisotopic (exact) mass is 280 g/mol. The normalized spacial score (nSPS) is 12.7. The molecule has 0 fully saturated rings. The van der Waals surface area contributed by atoms with Crippen LogP contribution in [0.5, 0.6) is 0 Å². The number of halogens is 1. The lowest BCUT2D eigenvalue weighted by Gasteiger charge is -2.12. The first-order valence-electron chi connectivity index (χ1n) is 5.12. The van der Waals surface area contributed by atoms with E-state index in [1.165, 1.54) is 5.56 Å². The Morgan fingerprint density at radius 2 is 2.19 bits per heavy atom. The molecule has 0 saturated heterocycles. The van der Waals surface area contributed by atoms with E-state index < -0.39 is 6.10 Å². The average molecular weight is 281 g/mol. The minimum Gasteiger partial charge on any atom is -0.472 e. The van der Waals surface area contributed by atoms with Gasteiger partial charge in [-0.15, -0.1) is 0 Å². The molecule has 3 heteroatoms. The van der Waals surface area contributed by atoms with E-state index in [-0.39, 0.29) is 0 Å². The van der Waals surface area contributed by atoms with Gasteiger partial charge in [-0.1, -0.05) is 28.1 Å². The molecule has 0 amide bonds. The van der Waals surface area contributed by atoms with Gasteiger partial charge in [-0.05, 0) is 35.7 Å². The predicted octanol–water partition coefficient (Wildman–Crippen LogP) is 3.63. The van der Waals surface area contributed by atoms with E-state index in [9.17, 15) is 5.11 Å². The maximum atomic E-state index is 10.1. The summed E-state index contributed by atoms with van der Waals surface area (Å²) < 4.78 is 5.93. The summed E-state index contributed by atoms with van der Waals surface area (Å²) in [6.45, 7) is 2.02. The Labute approximate surface area is 103 Å². The summed E-state index contributed by atoms with van der Waals surface area (Å²) in [5.41, 5.74) is 3.08. The van der Waals surface area contributed by atoms with Crippen LogP contribution in [0.2, 0.25) is 0 Å². The van der Waals surface area contributed by atoms with Crippen molar-refractivity contribution in [2.45, 2.75) is 19.4 Å². The van der Waals surface area contributed by atoms with Gasteiger partial charge in [0.1, 0.15) is 0 Å². The van der Waals surface area contributed by atoms with Crippen LogP contribution in [0.1, 0.15) is 22.8 Å². The predicted molar refractivity (Wildman–Crippen MR) is 66.3 cm³/mol. The lowest BCUT2D eigenvalue weighted by Crippen LogP contribution is -2.02. The first kappa shape index (κ1) is 11.4. The molecule has 1 atom stereocenters. The van der Waals surface area contributed by atoms with Crippen molar-refractivity contribution in [3.8, 4) is 0 Å². The summed E-state index contributed by atoms with van der Waals surface area (Å²) in [6, 6.07) is 7.82. The van der Waals surface area contributed by atoms with Crippen LogP contribution < -0.4 is 0 Å². The second kappa shape index (κ2) is 4.85. The molecular formula is C13H13BrO2. The summed E-state index contributed by atoms with van der Waals surface area (Å²) in [6.07, 6.45) is 3.34. The van der Waals surface area contributed by atoms with Crippen molar-refractivity contribution < 1.29 is 9.52 Å². The number of rotatable bonds is 3. The molecule has 0 spiro atoms. The standard InChI is InChI=1S/C13H13BrO2/c1-9-2-3-11(12(14)6-9)13(15)7-10-4-5-16-8-10/h2-6,8,13,15H,7H2,1H3. The summed E-state index contributed by atoms with van der Waals surface area (Å²) >= 11 is 3.47. The fraction of sp³-hybridized carbons (Fsp3) is 0.231. The molecule has 1 aromatic heterocycles. The molecule has 1 aromatic carbocycles. The third kappa shape index (κ3) is 2.54. The van der Waals surface area contributed by atoms with E-state index >= 15 is 0 Å². The zero-order valence-electron chi connectivity index (χ0n) is 8.98. The Hall–Kier alpha value is -1.06. The number of hydrogen-bond donors (Lipinski definition) is 1. The second-order valence-corrected chi connectivity index (χ2v) is 4.73. The average Bonchev–Trinajstić information content (AvgIpc) is 2.70. The third-order valence-corrected chi connectivity index (χ3v) is 3.21. The molecule has 0 aliphatic rings. The Morgan fingerprint density at radius 3 is 2.81 bits per heavy atom. The number of furan rings is 1. The molecule has 0 bridgehead atoms. The summed E-state index contributed by atoms with van der Waals surface area (Å²) in [5.74, 6) is 0. The van der Waals surface area contributed by atoms with Gasteiger partial charge in [0, 0.05) is 10.9 Å². The lowest BCUT2D eigenvalue weighted by molar-refractivity contribution is 0.177. The largest absolute Gasteiger partial charge is 0.472 e. The SMILES string of the molecule is Cc1ccc(C(O)Cc2ccoc2)c(Br)c1. The van der Waals surface area contributed by atoms with Crippen molar-refractivity contribution in [3.63, 3.8) is 0 Å². The smallest absolute Gasteiger partial charge is 0.0935 e. The Morgan fingerprint density at radius 1 is 1.38 bits per heavy atom. The summed E-state index contributed by atoms with van der Waals surface area (Å²) in [4.78, 5) is 0. The topological polar surface area (TPSA) is 33.4 Å². The molecule has 2 rings (SSSR count). The fourth-order valence-electron chi connectivity index (χ4n) is 1.64. The number of aliphatic hydroxyl groups is 1. The van der Waals surface area contributed by atoms with Gasteiger partial charge in [0.2, 0.25) is 0 Å². The number of aryl methyl sites for hydroxylation is 1. The van der Waals surface area contributed by atoms with Crippen molar-refractivity contribution in [2.75, 3.05) is 0 Å². The molecule has 2 aromatic rings. The van der Waals surface area contributed by atoms with Crippen molar-refractivity contribution in [3.05, 3.63) is 58.0 Å². The summed E-state index contributed by atoms with van der Waals surface area (Å²) in [5, 5.41) is 10.1. The van der Waals surface area contributed by atoms with Crippen LogP contribution in [-0.2, 0) is 6.42 Å². The minimum absolute atomic E-state index is 0.507. The third-order valence-electron chi connectivity index (χ3n) is 2.52. The Bertz CT molecular complexity index is 463. The van der Waals surface area contributed by atoms with Crippen LogP contribution in [0.3, 0.4) is 0 Å². The molecule has 0 aliphatic carbocycles.